The van der Waals surface area contributed by atoms with E-state index in [2.05, 4.69) is 46.5 Å². The molecule has 8 heteroatoms. The second-order valence-corrected chi connectivity index (χ2v) is 7.28. The first-order chi connectivity index (χ1) is 12.6. The van der Waals surface area contributed by atoms with Gasteiger partial charge in [0.1, 0.15) is 0 Å². The normalized spacial score (nSPS) is 28.7. The van der Waals surface area contributed by atoms with Crippen LogP contribution in [0, 0.1) is 23.7 Å². The highest BCUT2D eigenvalue weighted by molar-refractivity contribution is 14.0. The van der Waals surface area contributed by atoms with Gasteiger partial charge in [0.2, 0.25) is 11.8 Å². The van der Waals surface area contributed by atoms with Crippen molar-refractivity contribution in [2.45, 2.75) is 20.3 Å². The van der Waals surface area contributed by atoms with E-state index in [1.54, 1.807) is 7.05 Å². The molecule has 0 radical (unpaired) electrons. The molecular weight excluding hydrogens is 457 g/mol. The van der Waals surface area contributed by atoms with Crippen molar-refractivity contribution in [3.05, 3.63) is 12.2 Å². The fourth-order valence-corrected chi connectivity index (χ4v) is 4.56. The number of halogens is 1. The summed E-state index contributed by atoms with van der Waals surface area (Å²) >= 11 is 0. The number of carbonyl (C=O) groups is 2. The van der Waals surface area contributed by atoms with Crippen LogP contribution >= 0.6 is 24.0 Å². The fraction of sp³-hybridized carbons (Fsp3) is 0.737. The first-order valence-electron chi connectivity index (χ1n) is 9.81. The van der Waals surface area contributed by atoms with E-state index in [1.807, 2.05) is 0 Å². The molecule has 1 heterocycles. The van der Waals surface area contributed by atoms with E-state index in [-0.39, 0.29) is 59.5 Å². The summed E-state index contributed by atoms with van der Waals surface area (Å²) in [6.45, 7) is 9.05. The molecule has 1 saturated heterocycles. The molecule has 4 unspecified atom stereocenters. The first kappa shape index (κ1) is 22.1. The number of nitrogens with zero attached hydrogens (tertiary/aromatic N) is 3. The summed E-state index contributed by atoms with van der Waals surface area (Å²) < 4.78 is 0. The number of nitrogens with one attached hydrogen (secondary N) is 2. The predicted molar refractivity (Wildman–Crippen MR) is 117 cm³/mol. The molecule has 27 heavy (non-hydrogen) atoms. The summed E-state index contributed by atoms with van der Waals surface area (Å²) in [6.07, 6.45) is 5.23. The van der Waals surface area contributed by atoms with Crippen LogP contribution < -0.4 is 10.6 Å². The second-order valence-electron chi connectivity index (χ2n) is 7.28. The SMILES string of the molecule is CCN(CC)CCNC(=NC)NCCN1C(=O)C2C3C=CC(C3)C2C1=O.I. The Bertz CT molecular complexity index is 575. The highest BCUT2D eigenvalue weighted by Crippen LogP contribution is 2.52. The van der Waals surface area contributed by atoms with Crippen LogP contribution in [0.2, 0.25) is 0 Å². The van der Waals surface area contributed by atoms with E-state index in [9.17, 15) is 9.59 Å². The zero-order valence-corrected chi connectivity index (χ0v) is 18.8. The van der Waals surface area contributed by atoms with E-state index < -0.39 is 0 Å². The summed E-state index contributed by atoms with van der Waals surface area (Å²) in [5.74, 6) is 1.07. The number of hydrogen-bond donors (Lipinski definition) is 2. The molecule has 2 fully saturated rings. The third-order valence-corrected chi connectivity index (χ3v) is 6.03. The number of rotatable bonds is 8. The Morgan fingerprint density at radius 1 is 1.11 bits per heavy atom. The molecule has 1 aliphatic heterocycles. The van der Waals surface area contributed by atoms with Crippen LogP contribution in [-0.4, -0.2) is 73.9 Å². The number of aliphatic imine (C=N–C) groups is 1. The summed E-state index contributed by atoms with van der Waals surface area (Å²) in [4.78, 5) is 33.3. The number of hydrogen-bond acceptors (Lipinski definition) is 4. The summed E-state index contributed by atoms with van der Waals surface area (Å²) in [5.41, 5.74) is 0. The van der Waals surface area contributed by atoms with Crippen LogP contribution in [0.5, 0.6) is 0 Å². The molecule has 2 aliphatic carbocycles. The van der Waals surface area contributed by atoms with Gasteiger partial charge in [0.15, 0.2) is 5.96 Å². The van der Waals surface area contributed by atoms with Crippen LogP contribution in [0.25, 0.3) is 0 Å². The number of carbonyl (C=O) groups excluding carboxylic acids is 2. The largest absolute Gasteiger partial charge is 0.355 e. The zero-order chi connectivity index (χ0) is 18.7. The van der Waals surface area contributed by atoms with Crippen LogP contribution in [0.3, 0.4) is 0 Å². The third kappa shape index (κ3) is 4.47. The van der Waals surface area contributed by atoms with Crippen LogP contribution in [0.1, 0.15) is 20.3 Å². The van der Waals surface area contributed by atoms with E-state index in [4.69, 9.17) is 0 Å². The molecule has 2 N–H and O–H groups in total. The van der Waals surface area contributed by atoms with Gasteiger partial charge in [-0.05, 0) is 31.3 Å². The number of likely N-dealkylation sites (tertiary alicyclic amines) is 1. The molecule has 0 spiro atoms. The van der Waals surface area contributed by atoms with Crippen molar-refractivity contribution >= 4 is 41.8 Å². The van der Waals surface area contributed by atoms with E-state index >= 15 is 0 Å². The zero-order valence-electron chi connectivity index (χ0n) is 16.5. The van der Waals surface area contributed by atoms with Gasteiger partial charge in [-0.25, -0.2) is 0 Å². The quantitative estimate of drug-likeness (QED) is 0.174. The predicted octanol–water partition coefficient (Wildman–Crippen LogP) is 0.918. The summed E-state index contributed by atoms with van der Waals surface area (Å²) in [6, 6.07) is 0. The Labute approximate surface area is 179 Å². The monoisotopic (exact) mass is 489 g/mol. The van der Waals surface area contributed by atoms with Gasteiger partial charge in [0, 0.05) is 33.2 Å². The van der Waals surface area contributed by atoms with Crippen molar-refractivity contribution in [1.82, 2.24) is 20.4 Å². The Morgan fingerprint density at radius 3 is 2.19 bits per heavy atom. The van der Waals surface area contributed by atoms with Gasteiger partial charge < -0.3 is 15.5 Å². The lowest BCUT2D eigenvalue weighted by Crippen LogP contribution is -2.45. The van der Waals surface area contributed by atoms with Gasteiger partial charge in [0.25, 0.3) is 0 Å². The van der Waals surface area contributed by atoms with Crippen molar-refractivity contribution in [3.8, 4) is 0 Å². The Kier molecular flexibility index (Phi) is 8.08. The standard InChI is InChI=1S/C19H31N5O2.HI/c1-4-23(5-2)10-8-21-19(20-3)22-9-11-24-17(25)15-13-6-7-14(12-13)16(15)18(24)26;/h6-7,13-16H,4-5,8-12H2,1-3H3,(H2,20,21,22);1H. The molecule has 2 bridgehead atoms. The fourth-order valence-electron chi connectivity index (χ4n) is 4.56. The number of guanidine groups is 1. The average molecular weight is 489 g/mol. The molecule has 152 valence electrons. The summed E-state index contributed by atoms with van der Waals surface area (Å²) in [5, 5.41) is 6.49. The molecule has 1 saturated carbocycles. The van der Waals surface area contributed by atoms with Crippen molar-refractivity contribution in [2.24, 2.45) is 28.7 Å². The Morgan fingerprint density at radius 2 is 1.67 bits per heavy atom. The van der Waals surface area contributed by atoms with E-state index in [0.717, 1.165) is 32.6 Å². The molecule has 4 atom stereocenters. The Balaban J connectivity index is 0.00000261. The van der Waals surface area contributed by atoms with Crippen molar-refractivity contribution < 1.29 is 9.59 Å². The molecule has 2 amide bonds. The lowest BCUT2D eigenvalue weighted by atomic mass is 9.85. The van der Waals surface area contributed by atoms with Gasteiger partial charge in [-0.2, -0.15) is 0 Å². The van der Waals surface area contributed by atoms with E-state index in [1.165, 1.54) is 4.90 Å². The maximum atomic E-state index is 12.6. The molecule has 0 aromatic carbocycles. The minimum absolute atomic E-state index is 0. The van der Waals surface area contributed by atoms with Crippen molar-refractivity contribution in [1.29, 1.82) is 0 Å². The van der Waals surface area contributed by atoms with Crippen LogP contribution in [-0.2, 0) is 9.59 Å². The molecule has 7 nitrogen and oxygen atoms in total. The number of fused-ring (bicyclic) bond motifs is 5. The highest BCUT2D eigenvalue weighted by Gasteiger charge is 2.58. The molecular formula is C19H32IN5O2. The number of likely N-dealkylation sites (N-methyl/N-ethyl adjacent to an activating group) is 1. The maximum absolute atomic E-state index is 12.6. The lowest BCUT2D eigenvalue weighted by Gasteiger charge is -2.20. The van der Waals surface area contributed by atoms with Crippen LogP contribution in [0.15, 0.2) is 17.1 Å². The highest BCUT2D eigenvalue weighted by atomic mass is 127. The number of allylic oxidation sites excluding steroid dienone is 2. The first-order valence-corrected chi connectivity index (χ1v) is 9.81. The molecule has 3 aliphatic rings. The molecule has 0 aromatic rings. The summed E-state index contributed by atoms with van der Waals surface area (Å²) in [7, 11) is 1.73. The minimum atomic E-state index is -0.107. The number of imide groups is 1. The van der Waals surface area contributed by atoms with Crippen LogP contribution in [0.4, 0.5) is 0 Å². The van der Waals surface area contributed by atoms with Gasteiger partial charge >= 0.3 is 0 Å². The second kappa shape index (κ2) is 9.86. The van der Waals surface area contributed by atoms with Crippen molar-refractivity contribution in [2.75, 3.05) is 46.3 Å². The van der Waals surface area contributed by atoms with E-state index in [0.29, 0.717) is 19.0 Å². The maximum Gasteiger partial charge on any atom is 0.233 e. The molecule has 3 rings (SSSR count). The van der Waals surface area contributed by atoms with Gasteiger partial charge in [0.05, 0.1) is 11.8 Å². The molecule has 0 aromatic heterocycles. The van der Waals surface area contributed by atoms with Gasteiger partial charge in [-0.15, -0.1) is 24.0 Å². The van der Waals surface area contributed by atoms with Crippen molar-refractivity contribution in [3.63, 3.8) is 0 Å². The Hall–Kier alpha value is -1.16. The third-order valence-electron chi connectivity index (χ3n) is 6.03. The smallest absolute Gasteiger partial charge is 0.233 e. The van der Waals surface area contributed by atoms with Gasteiger partial charge in [-0.1, -0.05) is 26.0 Å². The lowest BCUT2D eigenvalue weighted by molar-refractivity contribution is -0.140. The van der Waals surface area contributed by atoms with Gasteiger partial charge in [-0.3, -0.25) is 19.5 Å². The topological polar surface area (TPSA) is 77.0 Å². The average Bonchev–Trinajstić information content (AvgIpc) is 3.33. The number of amides is 2. The minimum Gasteiger partial charge on any atom is -0.355 e.